The minimum Gasteiger partial charge on any atom is -0.382 e. The summed E-state index contributed by atoms with van der Waals surface area (Å²) in [6.45, 7) is 7.48. The molecule has 0 radical (unpaired) electrons. The molecular weight excluding hydrogens is 304 g/mol. The Bertz CT molecular complexity index is 817. The Kier molecular flexibility index (Phi) is 4.18. The molecule has 7 heteroatoms. The second kappa shape index (κ2) is 6.62. The number of fused-ring (bicyclic) bond motifs is 1. The van der Waals surface area contributed by atoms with Crippen LogP contribution in [0, 0.1) is 0 Å². The predicted molar refractivity (Wildman–Crippen MR) is 93.9 cm³/mol. The van der Waals surface area contributed by atoms with Crippen molar-refractivity contribution in [2.75, 3.05) is 38.2 Å². The topological polar surface area (TPSA) is 81.9 Å². The van der Waals surface area contributed by atoms with E-state index in [2.05, 4.69) is 55.5 Å². The van der Waals surface area contributed by atoms with Crippen LogP contribution in [0.2, 0.25) is 0 Å². The lowest BCUT2D eigenvalue weighted by molar-refractivity contribution is 0.0342. The molecular formula is C17H22N6O. The molecule has 0 amide bonds. The third kappa shape index (κ3) is 3.00. The number of aromatic nitrogens is 4. The summed E-state index contributed by atoms with van der Waals surface area (Å²) in [5, 5.41) is 10.4. The van der Waals surface area contributed by atoms with E-state index in [0.717, 1.165) is 67.6 Å². The molecule has 24 heavy (non-hydrogen) atoms. The van der Waals surface area contributed by atoms with Gasteiger partial charge in [-0.15, -0.1) is 0 Å². The molecule has 4 rings (SSSR count). The van der Waals surface area contributed by atoms with Gasteiger partial charge in [-0.1, -0.05) is 6.07 Å². The second-order valence-corrected chi connectivity index (χ2v) is 6.01. The van der Waals surface area contributed by atoms with E-state index in [0.29, 0.717) is 0 Å². The van der Waals surface area contributed by atoms with Crippen LogP contribution in [-0.4, -0.2) is 57.9 Å². The molecule has 1 fully saturated rings. The molecule has 0 unspecified atom stereocenters. The first-order chi connectivity index (χ1) is 11.8. The fraction of sp³-hybridized carbons (Fsp3) is 0.412. The van der Waals surface area contributed by atoms with Gasteiger partial charge in [-0.2, -0.15) is 5.10 Å². The van der Waals surface area contributed by atoms with E-state index in [1.165, 1.54) is 5.56 Å². The molecule has 0 saturated carbocycles. The van der Waals surface area contributed by atoms with Gasteiger partial charge in [0.15, 0.2) is 5.82 Å². The van der Waals surface area contributed by atoms with E-state index < -0.39 is 0 Å². The molecule has 3 N–H and O–H groups in total. The number of H-pyrrole nitrogens is 2. The van der Waals surface area contributed by atoms with Crippen molar-refractivity contribution in [3.8, 4) is 11.5 Å². The average molecular weight is 326 g/mol. The van der Waals surface area contributed by atoms with Crippen molar-refractivity contribution in [2.45, 2.75) is 13.5 Å². The van der Waals surface area contributed by atoms with Gasteiger partial charge < -0.3 is 15.0 Å². The summed E-state index contributed by atoms with van der Waals surface area (Å²) in [7, 11) is 0. The van der Waals surface area contributed by atoms with Crippen molar-refractivity contribution in [2.24, 2.45) is 0 Å². The lowest BCUT2D eigenvalue weighted by Crippen LogP contribution is -2.35. The van der Waals surface area contributed by atoms with E-state index in [4.69, 9.17) is 4.74 Å². The maximum atomic E-state index is 5.41. The number of rotatable bonds is 5. The fourth-order valence-electron chi connectivity index (χ4n) is 3.08. The molecule has 1 aliphatic heterocycles. The van der Waals surface area contributed by atoms with Gasteiger partial charge in [0.2, 0.25) is 0 Å². The molecule has 7 nitrogen and oxygen atoms in total. The lowest BCUT2D eigenvalue weighted by atomic mass is 10.2. The molecule has 1 aromatic carbocycles. The number of hydrogen-bond acceptors (Lipinski definition) is 5. The van der Waals surface area contributed by atoms with Gasteiger partial charge in [-0.3, -0.25) is 10.00 Å². The first kappa shape index (κ1) is 15.2. The zero-order valence-corrected chi connectivity index (χ0v) is 13.8. The number of morpholine rings is 1. The van der Waals surface area contributed by atoms with Crippen LogP contribution in [0.4, 0.5) is 5.69 Å². The Labute approximate surface area is 140 Å². The van der Waals surface area contributed by atoms with E-state index in [-0.39, 0.29) is 0 Å². The molecule has 3 aromatic rings. The van der Waals surface area contributed by atoms with Gasteiger partial charge in [-0.05, 0) is 24.6 Å². The summed E-state index contributed by atoms with van der Waals surface area (Å²) in [4.78, 5) is 10.5. The monoisotopic (exact) mass is 326 g/mol. The maximum Gasteiger partial charge on any atom is 0.158 e. The molecule has 126 valence electrons. The van der Waals surface area contributed by atoms with Crippen LogP contribution >= 0.6 is 0 Å². The van der Waals surface area contributed by atoms with Crippen molar-refractivity contribution >= 4 is 16.7 Å². The minimum absolute atomic E-state index is 0.807. The van der Waals surface area contributed by atoms with Gasteiger partial charge in [0.05, 0.1) is 36.1 Å². The van der Waals surface area contributed by atoms with Crippen molar-refractivity contribution in [1.82, 2.24) is 25.1 Å². The highest BCUT2D eigenvalue weighted by atomic mass is 16.5. The minimum atomic E-state index is 0.807. The normalized spacial score (nSPS) is 15.9. The van der Waals surface area contributed by atoms with Gasteiger partial charge in [0.25, 0.3) is 0 Å². The van der Waals surface area contributed by atoms with E-state index >= 15 is 0 Å². The predicted octanol–water partition coefficient (Wildman–Crippen LogP) is 2.22. The second-order valence-electron chi connectivity index (χ2n) is 6.01. The van der Waals surface area contributed by atoms with Crippen LogP contribution in [0.1, 0.15) is 12.5 Å². The van der Waals surface area contributed by atoms with Crippen LogP contribution in [0.15, 0.2) is 24.4 Å². The van der Waals surface area contributed by atoms with Crippen LogP contribution in [0.5, 0.6) is 0 Å². The number of imidazole rings is 1. The zero-order valence-electron chi connectivity index (χ0n) is 13.8. The molecule has 1 saturated heterocycles. The van der Waals surface area contributed by atoms with E-state index in [1.807, 2.05) is 0 Å². The number of benzene rings is 1. The average Bonchev–Trinajstić information content (AvgIpc) is 3.22. The van der Waals surface area contributed by atoms with Gasteiger partial charge in [-0.25, -0.2) is 4.98 Å². The van der Waals surface area contributed by atoms with E-state index in [9.17, 15) is 0 Å². The number of hydrogen-bond donors (Lipinski definition) is 3. The van der Waals surface area contributed by atoms with Crippen molar-refractivity contribution in [3.05, 3.63) is 30.0 Å². The number of nitrogens with zero attached hydrogens (tertiary/aromatic N) is 3. The number of ether oxygens (including phenoxy) is 1. The Morgan fingerprint density at radius 1 is 1.29 bits per heavy atom. The van der Waals surface area contributed by atoms with Crippen molar-refractivity contribution in [1.29, 1.82) is 0 Å². The molecule has 0 spiro atoms. The van der Waals surface area contributed by atoms with Crippen LogP contribution < -0.4 is 5.32 Å². The summed E-state index contributed by atoms with van der Waals surface area (Å²) in [5.41, 5.74) is 5.16. The Balaban J connectivity index is 1.59. The van der Waals surface area contributed by atoms with Crippen LogP contribution in [-0.2, 0) is 11.3 Å². The Morgan fingerprint density at radius 2 is 2.17 bits per heavy atom. The largest absolute Gasteiger partial charge is 0.382 e. The molecule has 3 heterocycles. The molecule has 0 atom stereocenters. The Hall–Kier alpha value is -2.38. The fourth-order valence-corrected chi connectivity index (χ4v) is 3.08. The van der Waals surface area contributed by atoms with Crippen molar-refractivity contribution < 1.29 is 4.74 Å². The summed E-state index contributed by atoms with van der Waals surface area (Å²) in [6, 6.07) is 6.42. The summed E-state index contributed by atoms with van der Waals surface area (Å²) >= 11 is 0. The highest BCUT2D eigenvalue weighted by molar-refractivity contribution is 5.81. The quantitative estimate of drug-likeness (QED) is 0.670. The third-order valence-electron chi connectivity index (χ3n) is 4.30. The Morgan fingerprint density at radius 3 is 3.00 bits per heavy atom. The zero-order chi connectivity index (χ0) is 16.4. The number of aromatic amines is 2. The molecule has 2 aromatic heterocycles. The lowest BCUT2D eigenvalue weighted by Gasteiger charge is -2.26. The van der Waals surface area contributed by atoms with Gasteiger partial charge in [0.1, 0.15) is 5.69 Å². The summed E-state index contributed by atoms with van der Waals surface area (Å²) in [6.07, 6.45) is 1.79. The van der Waals surface area contributed by atoms with Gasteiger partial charge in [0, 0.05) is 26.2 Å². The van der Waals surface area contributed by atoms with Crippen molar-refractivity contribution in [3.63, 3.8) is 0 Å². The van der Waals surface area contributed by atoms with Crippen LogP contribution in [0.25, 0.3) is 22.6 Å². The van der Waals surface area contributed by atoms with Crippen LogP contribution in [0.3, 0.4) is 0 Å². The smallest absolute Gasteiger partial charge is 0.158 e. The highest BCUT2D eigenvalue weighted by Crippen LogP contribution is 2.25. The third-order valence-corrected chi connectivity index (χ3v) is 4.30. The number of anilines is 1. The first-order valence-corrected chi connectivity index (χ1v) is 8.40. The standard InChI is InChI=1S/C17H22N6O/c1-2-18-15-10-19-22-16(15)17-20-13-4-3-12(9-14(13)21-17)11-23-5-7-24-8-6-23/h3-4,9-10,18H,2,5-8,11H2,1H3,(H,19,22)(H,20,21). The molecule has 0 aliphatic carbocycles. The molecule has 1 aliphatic rings. The maximum absolute atomic E-state index is 5.41. The van der Waals surface area contributed by atoms with Gasteiger partial charge >= 0.3 is 0 Å². The summed E-state index contributed by atoms with van der Waals surface area (Å²) in [5.74, 6) is 0.807. The van der Waals surface area contributed by atoms with E-state index in [1.54, 1.807) is 6.20 Å². The summed E-state index contributed by atoms with van der Waals surface area (Å²) < 4.78 is 5.41. The SMILES string of the molecule is CCNc1cn[nH]c1-c1nc2ccc(CN3CCOCC3)cc2[nH]1. The highest BCUT2D eigenvalue weighted by Gasteiger charge is 2.14. The number of nitrogens with one attached hydrogen (secondary N) is 3. The first-order valence-electron chi connectivity index (χ1n) is 8.40. The molecule has 0 bridgehead atoms.